The standard InChI is InChI=1S/C20H21ClN2O3/c1-14(15-8-4-3-5-9-15)22-18-20(21,12-13-26-18)16-10-6-7-11-17(16)23-19(24)25-2/h3-11,14H,12-13H2,1-2H3,(H,23,24)/t14-,20?/m0/s1. The van der Waals surface area contributed by atoms with Gasteiger partial charge < -0.3 is 9.47 Å². The number of rotatable bonds is 4. The summed E-state index contributed by atoms with van der Waals surface area (Å²) in [7, 11) is 1.32. The lowest BCUT2D eigenvalue weighted by Gasteiger charge is -2.24. The number of nitrogens with one attached hydrogen (secondary N) is 1. The van der Waals surface area contributed by atoms with Gasteiger partial charge in [-0.15, -0.1) is 11.6 Å². The lowest BCUT2D eigenvalue weighted by Crippen LogP contribution is -2.27. The molecule has 0 spiro atoms. The average molecular weight is 373 g/mol. The molecule has 1 aliphatic heterocycles. The molecule has 2 aromatic carbocycles. The Kier molecular flexibility index (Phi) is 5.47. The van der Waals surface area contributed by atoms with E-state index >= 15 is 0 Å². The molecular formula is C20H21ClN2O3. The van der Waals surface area contributed by atoms with Crippen LogP contribution in [0.25, 0.3) is 0 Å². The Morgan fingerprint density at radius 1 is 1.23 bits per heavy atom. The molecule has 5 nitrogen and oxygen atoms in total. The number of para-hydroxylation sites is 1. The molecule has 0 saturated carbocycles. The van der Waals surface area contributed by atoms with Crippen LogP contribution in [0, 0.1) is 0 Å². The van der Waals surface area contributed by atoms with Crippen LogP contribution in [0.2, 0.25) is 0 Å². The van der Waals surface area contributed by atoms with Crippen LogP contribution in [0.1, 0.15) is 30.5 Å². The molecule has 2 atom stereocenters. The molecule has 1 amide bonds. The van der Waals surface area contributed by atoms with Crippen LogP contribution in [0.15, 0.2) is 59.6 Å². The second-order valence-corrected chi connectivity index (χ2v) is 6.73. The van der Waals surface area contributed by atoms with E-state index in [2.05, 4.69) is 5.32 Å². The van der Waals surface area contributed by atoms with E-state index in [1.807, 2.05) is 55.5 Å². The molecule has 136 valence electrons. The molecule has 1 fully saturated rings. The van der Waals surface area contributed by atoms with Crippen LogP contribution in [-0.4, -0.2) is 25.7 Å². The van der Waals surface area contributed by atoms with Gasteiger partial charge in [-0.25, -0.2) is 9.79 Å². The largest absolute Gasteiger partial charge is 0.479 e. The number of hydrogen-bond donors (Lipinski definition) is 1. The van der Waals surface area contributed by atoms with Gasteiger partial charge in [0.05, 0.1) is 19.8 Å². The Morgan fingerprint density at radius 2 is 1.92 bits per heavy atom. The second kappa shape index (κ2) is 7.79. The van der Waals surface area contributed by atoms with Gasteiger partial charge >= 0.3 is 6.09 Å². The Labute approximate surface area is 158 Å². The molecule has 26 heavy (non-hydrogen) atoms. The van der Waals surface area contributed by atoms with Crippen molar-refractivity contribution in [2.75, 3.05) is 19.0 Å². The minimum absolute atomic E-state index is 0.0943. The quantitative estimate of drug-likeness (QED) is 0.778. The highest BCUT2D eigenvalue weighted by Crippen LogP contribution is 2.43. The predicted octanol–water partition coefficient (Wildman–Crippen LogP) is 4.88. The highest BCUT2D eigenvalue weighted by atomic mass is 35.5. The lowest BCUT2D eigenvalue weighted by atomic mass is 9.94. The van der Waals surface area contributed by atoms with Crippen LogP contribution >= 0.6 is 11.6 Å². The van der Waals surface area contributed by atoms with Gasteiger partial charge in [-0.1, -0.05) is 48.5 Å². The van der Waals surface area contributed by atoms with Crippen molar-refractivity contribution in [3.05, 3.63) is 65.7 Å². The number of aliphatic imine (C=N–C) groups is 1. The van der Waals surface area contributed by atoms with E-state index in [4.69, 9.17) is 26.1 Å². The first kappa shape index (κ1) is 18.3. The van der Waals surface area contributed by atoms with Gasteiger partial charge in [0.15, 0.2) is 0 Å². The smallest absolute Gasteiger partial charge is 0.411 e. The summed E-state index contributed by atoms with van der Waals surface area (Å²) >= 11 is 6.98. The Bertz CT molecular complexity index is 810. The van der Waals surface area contributed by atoms with Crippen molar-refractivity contribution < 1.29 is 14.3 Å². The van der Waals surface area contributed by atoms with Crippen LogP contribution in [0.5, 0.6) is 0 Å². The molecule has 2 aromatic rings. The van der Waals surface area contributed by atoms with E-state index in [1.54, 1.807) is 6.07 Å². The fourth-order valence-electron chi connectivity index (χ4n) is 2.98. The summed E-state index contributed by atoms with van der Waals surface area (Å²) < 4.78 is 10.5. The van der Waals surface area contributed by atoms with Crippen molar-refractivity contribution in [1.29, 1.82) is 0 Å². The summed E-state index contributed by atoms with van der Waals surface area (Å²) in [5, 5.41) is 2.71. The van der Waals surface area contributed by atoms with E-state index in [0.717, 1.165) is 11.1 Å². The predicted molar refractivity (Wildman–Crippen MR) is 103 cm³/mol. The average Bonchev–Trinajstić information content (AvgIpc) is 3.04. The molecule has 6 heteroatoms. The van der Waals surface area contributed by atoms with Crippen LogP contribution in [-0.2, 0) is 14.3 Å². The minimum atomic E-state index is -0.930. The molecule has 0 bridgehead atoms. The van der Waals surface area contributed by atoms with Crippen molar-refractivity contribution in [3.8, 4) is 0 Å². The first-order valence-electron chi connectivity index (χ1n) is 8.44. The summed E-state index contributed by atoms with van der Waals surface area (Å²) in [4.78, 5) is 15.5. The Balaban J connectivity index is 1.96. The van der Waals surface area contributed by atoms with Gasteiger partial charge in [-0.05, 0) is 18.6 Å². The number of carbonyl (C=O) groups is 1. The number of hydrogen-bond acceptors (Lipinski definition) is 4. The zero-order valence-corrected chi connectivity index (χ0v) is 15.5. The van der Waals surface area contributed by atoms with Crippen molar-refractivity contribution >= 4 is 29.3 Å². The normalized spacial score (nSPS) is 21.9. The number of anilines is 1. The summed E-state index contributed by atoms with van der Waals surface area (Å²) in [6.07, 6.45) is 0.0159. The Hall–Kier alpha value is -2.53. The van der Waals surface area contributed by atoms with Crippen molar-refractivity contribution in [2.45, 2.75) is 24.3 Å². The van der Waals surface area contributed by atoms with E-state index in [1.165, 1.54) is 7.11 Å². The maximum absolute atomic E-state index is 11.7. The molecule has 1 N–H and O–H groups in total. The van der Waals surface area contributed by atoms with E-state index in [9.17, 15) is 4.79 Å². The van der Waals surface area contributed by atoms with E-state index in [-0.39, 0.29) is 6.04 Å². The number of halogens is 1. The third-order valence-electron chi connectivity index (χ3n) is 4.39. The number of benzene rings is 2. The topological polar surface area (TPSA) is 59.9 Å². The summed E-state index contributed by atoms with van der Waals surface area (Å²) in [6.45, 7) is 2.47. The number of nitrogens with zero attached hydrogens (tertiary/aromatic N) is 1. The zero-order chi connectivity index (χ0) is 18.6. The maximum atomic E-state index is 11.7. The third kappa shape index (κ3) is 3.68. The molecular weight excluding hydrogens is 352 g/mol. The highest BCUT2D eigenvalue weighted by molar-refractivity contribution is 6.35. The van der Waals surface area contributed by atoms with Crippen molar-refractivity contribution in [1.82, 2.24) is 0 Å². The van der Waals surface area contributed by atoms with Crippen LogP contribution in [0.4, 0.5) is 10.5 Å². The number of methoxy groups -OCH3 is 1. The van der Waals surface area contributed by atoms with Gasteiger partial charge in [0.2, 0.25) is 5.90 Å². The van der Waals surface area contributed by atoms with Crippen LogP contribution in [0.3, 0.4) is 0 Å². The molecule has 0 aromatic heterocycles. The molecule has 1 unspecified atom stereocenters. The van der Waals surface area contributed by atoms with Gasteiger partial charge in [0, 0.05) is 17.7 Å². The summed E-state index contributed by atoms with van der Waals surface area (Å²) in [5.74, 6) is 0.467. The highest BCUT2D eigenvalue weighted by Gasteiger charge is 2.44. The molecule has 0 aliphatic carbocycles. The van der Waals surface area contributed by atoms with Gasteiger partial charge in [0.1, 0.15) is 4.87 Å². The van der Waals surface area contributed by atoms with Gasteiger partial charge in [-0.3, -0.25) is 5.32 Å². The third-order valence-corrected chi connectivity index (χ3v) is 4.95. The van der Waals surface area contributed by atoms with Gasteiger partial charge in [-0.2, -0.15) is 0 Å². The number of carbonyl (C=O) groups excluding carboxylic acids is 1. The van der Waals surface area contributed by atoms with Crippen molar-refractivity contribution in [3.63, 3.8) is 0 Å². The van der Waals surface area contributed by atoms with E-state index < -0.39 is 11.0 Å². The van der Waals surface area contributed by atoms with Crippen LogP contribution < -0.4 is 5.32 Å². The summed E-state index contributed by atoms with van der Waals surface area (Å²) in [5.41, 5.74) is 2.40. The molecule has 1 saturated heterocycles. The van der Waals surface area contributed by atoms with E-state index in [0.29, 0.717) is 24.6 Å². The fourth-order valence-corrected chi connectivity index (χ4v) is 3.33. The SMILES string of the molecule is COC(=O)Nc1ccccc1C1(Cl)CCOC1=N[C@@H](C)c1ccccc1. The first-order valence-corrected chi connectivity index (χ1v) is 8.82. The maximum Gasteiger partial charge on any atom is 0.411 e. The van der Waals surface area contributed by atoms with Crippen molar-refractivity contribution in [2.24, 2.45) is 4.99 Å². The molecule has 0 radical (unpaired) electrons. The molecule has 3 rings (SSSR count). The number of amides is 1. The summed E-state index contributed by atoms with van der Waals surface area (Å²) in [6, 6.07) is 17.2. The lowest BCUT2D eigenvalue weighted by molar-refractivity contribution is 0.187. The minimum Gasteiger partial charge on any atom is -0.479 e. The second-order valence-electron chi connectivity index (χ2n) is 6.08. The number of alkyl halides is 1. The number of ether oxygens (including phenoxy) is 2. The fraction of sp³-hybridized carbons (Fsp3) is 0.300. The monoisotopic (exact) mass is 372 g/mol. The van der Waals surface area contributed by atoms with Gasteiger partial charge in [0.25, 0.3) is 0 Å². The zero-order valence-electron chi connectivity index (χ0n) is 14.7. The first-order chi connectivity index (χ1) is 12.5. The molecule has 1 heterocycles. The Morgan fingerprint density at radius 3 is 2.65 bits per heavy atom. The molecule has 1 aliphatic rings.